The molecule has 0 aliphatic carbocycles. The Hall–Kier alpha value is -2.36. The van der Waals surface area contributed by atoms with Crippen LogP contribution < -0.4 is 9.62 Å². The van der Waals surface area contributed by atoms with Crippen molar-refractivity contribution >= 4 is 50.7 Å². The van der Waals surface area contributed by atoms with Crippen molar-refractivity contribution in [2.24, 2.45) is 0 Å². The van der Waals surface area contributed by atoms with Gasteiger partial charge < -0.3 is 10.2 Å². The van der Waals surface area contributed by atoms with Crippen LogP contribution in [0.5, 0.6) is 0 Å². The molecule has 2 amide bonds. The molecule has 0 aliphatic rings. The van der Waals surface area contributed by atoms with Crippen LogP contribution in [0.4, 0.5) is 10.1 Å². The van der Waals surface area contributed by atoms with E-state index in [4.69, 9.17) is 23.2 Å². The van der Waals surface area contributed by atoms with Crippen LogP contribution in [-0.2, 0) is 26.2 Å². The highest BCUT2D eigenvalue weighted by molar-refractivity contribution is 7.92. The summed E-state index contributed by atoms with van der Waals surface area (Å²) in [6.07, 6.45) is 0.877. The highest BCUT2D eigenvalue weighted by Crippen LogP contribution is 2.25. The number of amides is 2. The highest BCUT2D eigenvalue weighted by atomic mass is 35.5. The third-order valence-electron chi connectivity index (χ3n) is 4.75. The number of hydrogen-bond donors (Lipinski definition) is 1. The van der Waals surface area contributed by atoms with E-state index in [-0.39, 0.29) is 23.3 Å². The van der Waals surface area contributed by atoms with Crippen LogP contribution in [0.15, 0.2) is 42.5 Å². The molecule has 0 unspecified atom stereocenters. The Labute approximate surface area is 203 Å². The van der Waals surface area contributed by atoms with Crippen LogP contribution in [0.1, 0.15) is 26.3 Å². The number of sulfonamides is 1. The van der Waals surface area contributed by atoms with Crippen LogP contribution in [0.2, 0.25) is 10.0 Å². The van der Waals surface area contributed by atoms with E-state index < -0.39 is 40.2 Å². The molecule has 1 atom stereocenters. The first kappa shape index (κ1) is 26.9. The van der Waals surface area contributed by atoms with Crippen LogP contribution in [0, 0.1) is 5.82 Å². The summed E-state index contributed by atoms with van der Waals surface area (Å²) in [6, 6.07) is 8.80. The molecule has 0 spiro atoms. The summed E-state index contributed by atoms with van der Waals surface area (Å²) in [5.74, 6) is -1.94. The number of nitrogens with zero attached hydrogens (tertiary/aromatic N) is 2. The minimum Gasteiger partial charge on any atom is -0.352 e. The van der Waals surface area contributed by atoms with Gasteiger partial charge in [-0.1, -0.05) is 41.4 Å². The Morgan fingerprint density at radius 1 is 1.09 bits per heavy atom. The van der Waals surface area contributed by atoms with Gasteiger partial charge in [0.05, 0.1) is 11.9 Å². The molecular formula is C22H26Cl2FN3O4S. The fourth-order valence-corrected chi connectivity index (χ4v) is 4.39. The Morgan fingerprint density at radius 2 is 1.73 bits per heavy atom. The second-order valence-corrected chi connectivity index (χ2v) is 10.6. The Bertz CT molecular complexity index is 1130. The minimum absolute atomic E-state index is 0.0869. The Balaban J connectivity index is 2.44. The number of nitrogens with one attached hydrogen (secondary N) is 1. The molecule has 180 valence electrons. The standard InChI is InChI=1S/C22H26Cl2FN3O4S/c1-14(2)26-22(30)15(3)27(12-16-9-10-17(23)11-18(16)24)21(29)13-28(33(4,31)32)20-8-6-5-7-19(20)25/h5-11,14-15H,12-13H2,1-4H3,(H,26,30)/t15-/m1/s1. The SMILES string of the molecule is CC(C)NC(=O)[C@@H](C)N(Cc1ccc(Cl)cc1Cl)C(=O)CN(c1ccccc1F)S(C)(=O)=O. The average Bonchev–Trinajstić information content (AvgIpc) is 2.70. The molecule has 7 nitrogen and oxygen atoms in total. The van der Waals surface area contributed by atoms with Gasteiger partial charge >= 0.3 is 0 Å². The summed E-state index contributed by atoms with van der Waals surface area (Å²) in [6.45, 7) is 4.28. The number of rotatable bonds is 9. The van der Waals surface area contributed by atoms with Gasteiger partial charge in [-0.3, -0.25) is 13.9 Å². The van der Waals surface area contributed by atoms with Gasteiger partial charge in [-0.2, -0.15) is 0 Å². The van der Waals surface area contributed by atoms with Gasteiger partial charge in [-0.15, -0.1) is 0 Å². The molecule has 11 heteroatoms. The van der Waals surface area contributed by atoms with Crippen molar-refractivity contribution in [2.45, 2.75) is 39.4 Å². The Kier molecular flexibility index (Phi) is 9.11. The van der Waals surface area contributed by atoms with E-state index in [1.807, 2.05) is 0 Å². The van der Waals surface area contributed by atoms with Crippen LogP contribution >= 0.6 is 23.2 Å². The summed E-state index contributed by atoms with van der Waals surface area (Å²) in [7, 11) is -4.02. The minimum atomic E-state index is -4.02. The number of carbonyl (C=O) groups is 2. The van der Waals surface area contributed by atoms with Crippen molar-refractivity contribution in [1.82, 2.24) is 10.2 Å². The normalized spacial score (nSPS) is 12.4. The lowest BCUT2D eigenvalue weighted by molar-refractivity contribution is -0.139. The van der Waals surface area contributed by atoms with E-state index in [0.29, 0.717) is 14.9 Å². The first-order chi connectivity index (χ1) is 15.3. The molecular weight excluding hydrogens is 492 g/mol. The van der Waals surface area contributed by atoms with E-state index in [1.54, 1.807) is 26.0 Å². The number of carbonyl (C=O) groups excluding carboxylic acids is 2. The van der Waals surface area contributed by atoms with Gasteiger partial charge in [0.1, 0.15) is 18.4 Å². The average molecular weight is 518 g/mol. The zero-order valence-electron chi connectivity index (χ0n) is 18.7. The van der Waals surface area contributed by atoms with Gasteiger partial charge in [-0.25, -0.2) is 12.8 Å². The van der Waals surface area contributed by atoms with Crippen LogP contribution in [0.3, 0.4) is 0 Å². The molecule has 2 aromatic carbocycles. The van der Waals surface area contributed by atoms with E-state index in [1.165, 1.54) is 36.1 Å². The zero-order valence-corrected chi connectivity index (χ0v) is 21.0. The largest absolute Gasteiger partial charge is 0.352 e. The topological polar surface area (TPSA) is 86.8 Å². The predicted octanol–water partition coefficient (Wildman–Crippen LogP) is 3.84. The quantitative estimate of drug-likeness (QED) is 0.547. The predicted molar refractivity (Wildman–Crippen MR) is 128 cm³/mol. The third kappa shape index (κ3) is 7.31. The van der Waals surface area contributed by atoms with Crippen molar-refractivity contribution in [1.29, 1.82) is 0 Å². The summed E-state index contributed by atoms with van der Waals surface area (Å²) in [5, 5.41) is 3.41. The molecule has 0 radical (unpaired) electrons. The van der Waals surface area contributed by atoms with Crippen molar-refractivity contribution in [3.63, 3.8) is 0 Å². The molecule has 0 heterocycles. The van der Waals surface area contributed by atoms with Gasteiger partial charge in [0, 0.05) is 22.6 Å². The Morgan fingerprint density at radius 3 is 2.27 bits per heavy atom. The maximum atomic E-state index is 14.4. The second-order valence-electron chi connectivity index (χ2n) is 7.82. The second kappa shape index (κ2) is 11.2. The summed E-state index contributed by atoms with van der Waals surface area (Å²) in [5.41, 5.74) is 0.243. The third-order valence-corrected chi connectivity index (χ3v) is 6.47. The fourth-order valence-electron chi connectivity index (χ4n) is 3.07. The summed E-state index contributed by atoms with van der Waals surface area (Å²) >= 11 is 12.2. The molecule has 0 bridgehead atoms. The van der Waals surface area contributed by atoms with Crippen LogP contribution in [0.25, 0.3) is 0 Å². The highest BCUT2D eigenvalue weighted by Gasteiger charge is 2.31. The fraction of sp³-hybridized carbons (Fsp3) is 0.364. The van der Waals surface area contributed by atoms with E-state index in [0.717, 1.165) is 12.3 Å². The maximum absolute atomic E-state index is 14.4. The van der Waals surface area contributed by atoms with Crippen molar-refractivity contribution < 1.29 is 22.4 Å². The molecule has 0 saturated heterocycles. The van der Waals surface area contributed by atoms with Crippen molar-refractivity contribution in [2.75, 3.05) is 17.1 Å². The maximum Gasteiger partial charge on any atom is 0.244 e. The lowest BCUT2D eigenvalue weighted by atomic mass is 10.1. The monoisotopic (exact) mass is 517 g/mol. The lowest BCUT2D eigenvalue weighted by Crippen LogP contribution is -2.52. The molecule has 1 N–H and O–H groups in total. The van der Waals surface area contributed by atoms with Gasteiger partial charge in [0.2, 0.25) is 21.8 Å². The number of para-hydroxylation sites is 1. The lowest BCUT2D eigenvalue weighted by Gasteiger charge is -2.32. The first-order valence-electron chi connectivity index (χ1n) is 10.1. The number of benzene rings is 2. The molecule has 2 aromatic rings. The summed E-state index contributed by atoms with van der Waals surface area (Å²) in [4.78, 5) is 27.2. The van der Waals surface area contributed by atoms with E-state index in [2.05, 4.69) is 5.32 Å². The van der Waals surface area contributed by atoms with Gasteiger partial charge in [0.15, 0.2) is 0 Å². The van der Waals surface area contributed by atoms with Gasteiger partial charge in [-0.05, 0) is 50.6 Å². The molecule has 33 heavy (non-hydrogen) atoms. The van der Waals surface area contributed by atoms with Crippen molar-refractivity contribution in [3.8, 4) is 0 Å². The number of anilines is 1. The number of halogens is 3. The van der Waals surface area contributed by atoms with Crippen LogP contribution in [-0.4, -0.2) is 50.0 Å². The van der Waals surface area contributed by atoms with Crippen molar-refractivity contribution in [3.05, 3.63) is 63.9 Å². The smallest absolute Gasteiger partial charge is 0.244 e. The molecule has 0 aromatic heterocycles. The molecule has 2 rings (SSSR count). The summed E-state index contributed by atoms with van der Waals surface area (Å²) < 4.78 is 39.9. The first-order valence-corrected chi connectivity index (χ1v) is 12.7. The molecule has 0 aliphatic heterocycles. The van der Waals surface area contributed by atoms with E-state index >= 15 is 0 Å². The van der Waals surface area contributed by atoms with Gasteiger partial charge in [0.25, 0.3) is 0 Å². The van der Waals surface area contributed by atoms with E-state index in [9.17, 15) is 22.4 Å². The molecule has 0 saturated carbocycles. The zero-order chi connectivity index (χ0) is 24.9. The number of hydrogen-bond acceptors (Lipinski definition) is 4. The molecule has 0 fully saturated rings.